The Bertz CT molecular complexity index is 556. The van der Waals surface area contributed by atoms with Crippen LogP contribution in [0.1, 0.15) is 44.1 Å². The Morgan fingerprint density at radius 2 is 2.13 bits per heavy atom. The maximum absolute atomic E-state index is 10.0. The van der Waals surface area contributed by atoms with Gasteiger partial charge in [-0.1, -0.05) is 12.1 Å². The lowest BCUT2D eigenvalue weighted by Crippen LogP contribution is -2.55. The van der Waals surface area contributed by atoms with Gasteiger partial charge in [-0.3, -0.25) is 0 Å². The van der Waals surface area contributed by atoms with Crippen LogP contribution in [-0.2, 0) is 5.41 Å². The quantitative estimate of drug-likeness (QED) is 0.896. The summed E-state index contributed by atoms with van der Waals surface area (Å²) in [6.45, 7) is 3.80. The zero-order chi connectivity index (χ0) is 15.9. The summed E-state index contributed by atoms with van der Waals surface area (Å²) in [6.07, 6.45) is 7.95. The lowest BCUT2D eigenvalue weighted by atomic mass is 9.58. The summed E-state index contributed by atoms with van der Waals surface area (Å²) in [5.74, 6) is 2.14. The van der Waals surface area contributed by atoms with Crippen molar-refractivity contribution in [1.29, 1.82) is 0 Å². The van der Waals surface area contributed by atoms with Crippen LogP contribution in [0.5, 0.6) is 5.75 Å². The van der Waals surface area contributed by atoms with Gasteiger partial charge in [0.1, 0.15) is 5.75 Å². The minimum atomic E-state index is 0.255. The molecule has 1 aliphatic heterocycles. The van der Waals surface area contributed by atoms with Crippen molar-refractivity contribution in [2.75, 3.05) is 26.7 Å². The van der Waals surface area contributed by atoms with Gasteiger partial charge in [-0.25, -0.2) is 0 Å². The SMILES string of the molecule is CN[C@H]1CC[C@H]2CN(CC3CC3)CC[C@]2(c2cccc(O)c2)C1. The number of aromatic hydroxyl groups is 1. The molecule has 23 heavy (non-hydrogen) atoms. The largest absolute Gasteiger partial charge is 0.508 e. The number of hydrogen-bond acceptors (Lipinski definition) is 3. The van der Waals surface area contributed by atoms with Gasteiger partial charge in [0.05, 0.1) is 0 Å². The molecule has 3 aliphatic rings. The molecule has 2 N–H and O–H groups in total. The van der Waals surface area contributed by atoms with Gasteiger partial charge in [-0.2, -0.15) is 0 Å². The fourth-order valence-corrected chi connectivity index (χ4v) is 5.11. The number of likely N-dealkylation sites (tertiary alicyclic amines) is 1. The van der Waals surface area contributed by atoms with Crippen LogP contribution in [0.15, 0.2) is 24.3 Å². The summed E-state index contributed by atoms with van der Waals surface area (Å²) in [7, 11) is 2.10. The lowest BCUT2D eigenvalue weighted by Gasteiger charge is -2.53. The van der Waals surface area contributed by atoms with E-state index in [0.717, 1.165) is 11.8 Å². The molecule has 1 aromatic rings. The molecule has 0 bridgehead atoms. The van der Waals surface area contributed by atoms with Crippen molar-refractivity contribution >= 4 is 0 Å². The lowest BCUT2D eigenvalue weighted by molar-refractivity contribution is 0.0426. The number of piperidine rings is 1. The maximum Gasteiger partial charge on any atom is 0.115 e. The minimum absolute atomic E-state index is 0.255. The Labute approximate surface area is 140 Å². The first-order chi connectivity index (χ1) is 11.2. The van der Waals surface area contributed by atoms with Gasteiger partial charge in [0.25, 0.3) is 0 Å². The van der Waals surface area contributed by atoms with E-state index < -0.39 is 0 Å². The molecule has 1 heterocycles. The molecule has 3 nitrogen and oxygen atoms in total. The molecule has 2 aliphatic carbocycles. The number of benzene rings is 1. The second kappa shape index (κ2) is 6.10. The first-order valence-electron chi connectivity index (χ1n) is 9.39. The first kappa shape index (κ1) is 15.5. The molecule has 126 valence electrons. The zero-order valence-electron chi connectivity index (χ0n) is 14.3. The van der Waals surface area contributed by atoms with Gasteiger partial charge >= 0.3 is 0 Å². The third-order valence-electron chi connectivity index (χ3n) is 6.65. The van der Waals surface area contributed by atoms with Gasteiger partial charge in [-0.05, 0) is 81.6 Å². The van der Waals surface area contributed by atoms with Gasteiger partial charge in [0.15, 0.2) is 0 Å². The predicted molar refractivity (Wildman–Crippen MR) is 93.8 cm³/mol. The van der Waals surface area contributed by atoms with E-state index in [1.165, 1.54) is 63.7 Å². The summed E-state index contributed by atoms with van der Waals surface area (Å²) in [5.41, 5.74) is 1.62. The van der Waals surface area contributed by atoms with Crippen molar-refractivity contribution in [2.24, 2.45) is 11.8 Å². The standard InChI is InChI=1S/C20H30N2O/c1-21-18-8-7-17-14-22(13-15-5-6-15)10-9-20(17,12-18)16-3-2-4-19(23)11-16/h2-4,11,15,17-18,21,23H,5-10,12-14H2,1H3/t17-,18-,20+/m0/s1. The third kappa shape index (κ3) is 3.01. The molecule has 3 atom stereocenters. The fraction of sp³-hybridized carbons (Fsp3) is 0.700. The molecule has 0 radical (unpaired) electrons. The van der Waals surface area contributed by atoms with Gasteiger partial charge in [0.2, 0.25) is 0 Å². The number of rotatable bonds is 4. The zero-order valence-corrected chi connectivity index (χ0v) is 14.3. The molecule has 0 aromatic heterocycles. The van der Waals surface area contributed by atoms with Crippen LogP contribution in [0, 0.1) is 11.8 Å². The molecule has 1 saturated heterocycles. The van der Waals surface area contributed by atoms with E-state index in [0.29, 0.717) is 11.8 Å². The Morgan fingerprint density at radius 1 is 1.26 bits per heavy atom. The fourth-order valence-electron chi connectivity index (χ4n) is 5.11. The molecule has 0 unspecified atom stereocenters. The molecule has 4 rings (SSSR count). The van der Waals surface area contributed by atoms with E-state index in [9.17, 15) is 5.11 Å². The highest BCUT2D eigenvalue weighted by molar-refractivity contribution is 5.35. The summed E-state index contributed by atoms with van der Waals surface area (Å²) in [4.78, 5) is 2.73. The van der Waals surface area contributed by atoms with Crippen molar-refractivity contribution in [3.05, 3.63) is 29.8 Å². The molecular weight excluding hydrogens is 284 g/mol. The summed E-state index contributed by atoms with van der Waals surface area (Å²) < 4.78 is 0. The van der Waals surface area contributed by atoms with Crippen LogP contribution in [0.3, 0.4) is 0 Å². The van der Waals surface area contributed by atoms with Crippen LogP contribution in [0.25, 0.3) is 0 Å². The van der Waals surface area contributed by atoms with E-state index in [4.69, 9.17) is 0 Å². The van der Waals surface area contributed by atoms with E-state index in [1.807, 2.05) is 12.1 Å². The van der Waals surface area contributed by atoms with Crippen LogP contribution in [-0.4, -0.2) is 42.7 Å². The van der Waals surface area contributed by atoms with Crippen molar-refractivity contribution in [1.82, 2.24) is 10.2 Å². The molecule has 3 fully saturated rings. The van der Waals surface area contributed by atoms with Crippen molar-refractivity contribution in [2.45, 2.75) is 50.0 Å². The number of hydrogen-bond donors (Lipinski definition) is 2. The summed E-state index contributed by atoms with van der Waals surface area (Å²) in [5, 5.41) is 13.5. The van der Waals surface area contributed by atoms with E-state index in [2.05, 4.69) is 23.3 Å². The van der Waals surface area contributed by atoms with Gasteiger partial charge < -0.3 is 15.3 Å². The molecule has 1 aromatic carbocycles. The molecule has 3 heteroatoms. The molecular formula is C20H30N2O. The van der Waals surface area contributed by atoms with E-state index >= 15 is 0 Å². The topological polar surface area (TPSA) is 35.5 Å². The monoisotopic (exact) mass is 314 g/mol. The van der Waals surface area contributed by atoms with Crippen molar-refractivity contribution < 1.29 is 5.11 Å². The summed E-state index contributed by atoms with van der Waals surface area (Å²) >= 11 is 0. The van der Waals surface area contributed by atoms with Gasteiger partial charge in [-0.15, -0.1) is 0 Å². The van der Waals surface area contributed by atoms with E-state index in [-0.39, 0.29) is 5.41 Å². The third-order valence-corrected chi connectivity index (χ3v) is 6.65. The molecule has 0 spiro atoms. The van der Waals surface area contributed by atoms with Crippen LogP contribution in [0.4, 0.5) is 0 Å². The van der Waals surface area contributed by atoms with Crippen LogP contribution >= 0.6 is 0 Å². The summed E-state index contributed by atoms with van der Waals surface area (Å²) in [6, 6.07) is 8.72. The highest BCUT2D eigenvalue weighted by Gasteiger charge is 2.48. The Kier molecular flexibility index (Phi) is 4.10. The minimum Gasteiger partial charge on any atom is -0.508 e. The number of phenols is 1. The Morgan fingerprint density at radius 3 is 2.87 bits per heavy atom. The average Bonchev–Trinajstić information content (AvgIpc) is 3.38. The predicted octanol–water partition coefficient (Wildman–Crippen LogP) is 3.13. The second-order valence-electron chi connectivity index (χ2n) is 8.12. The number of phenolic OH excluding ortho intramolecular Hbond substituents is 1. The maximum atomic E-state index is 10.0. The number of fused-ring (bicyclic) bond motifs is 1. The molecule has 0 amide bonds. The van der Waals surface area contributed by atoms with Crippen LogP contribution in [0.2, 0.25) is 0 Å². The van der Waals surface area contributed by atoms with Crippen molar-refractivity contribution in [3.8, 4) is 5.75 Å². The van der Waals surface area contributed by atoms with Crippen LogP contribution < -0.4 is 5.32 Å². The smallest absolute Gasteiger partial charge is 0.115 e. The first-order valence-corrected chi connectivity index (χ1v) is 9.39. The normalized spacial score (nSPS) is 35.0. The van der Waals surface area contributed by atoms with E-state index in [1.54, 1.807) is 6.07 Å². The Hall–Kier alpha value is -1.06. The Balaban J connectivity index is 1.61. The highest BCUT2D eigenvalue weighted by atomic mass is 16.3. The van der Waals surface area contributed by atoms with Gasteiger partial charge in [0, 0.05) is 24.5 Å². The molecule has 2 saturated carbocycles. The van der Waals surface area contributed by atoms with Crippen molar-refractivity contribution in [3.63, 3.8) is 0 Å². The number of nitrogens with zero attached hydrogens (tertiary/aromatic N) is 1. The average molecular weight is 314 g/mol. The second-order valence-corrected chi connectivity index (χ2v) is 8.12. The number of nitrogens with one attached hydrogen (secondary N) is 1. The highest BCUT2D eigenvalue weighted by Crippen LogP contribution is 2.50.